The van der Waals surface area contributed by atoms with Crippen molar-refractivity contribution in [2.75, 3.05) is 17.8 Å². The maximum absolute atomic E-state index is 12.0. The van der Waals surface area contributed by atoms with E-state index in [2.05, 4.69) is 10.1 Å². The maximum Gasteiger partial charge on any atom is 0.422 e. The van der Waals surface area contributed by atoms with Crippen molar-refractivity contribution in [1.82, 2.24) is 10.3 Å². The minimum Gasteiger partial charge on any atom is -0.449 e. The van der Waals surface area contributed by atoms with Gasteiger partial charge in [0.15, 0.2) is 0 Å². The molecule has 3 N–H and O–H groups in total. The van der Waals surface area contributed by atoms with E-state index in [1.54, 1.807) is 6.92 Å². The lowest BCUT2D eigenvalue weighted by atomic mass is 10.2. The Kier molecular flexibility index (Phi) is 8.51. The molecule has 10 heteroatoms. The predicted molar refractivity (Wildman–Crippen MR) is 90.1 cm³/mol. The largest absolute Gasteiger partial charge is 0.449 e. The van der Waals surface area contributed by atoms with E-state index in [0.717, 1.165) is 6.42 Å². The Morgan fingerprint density at radius 1 is 1.17 bits per heavy atom. The number of sulfonamides is 1. The van der Waals surface area contributed by atoms with Gasteiger partial charge in [0.2, 0.25) is 5.91 Å². The third-order valence-corrected chi connectivity index (χ3v) is 4.33. The van der Waals surface area contributed by atoms with E-state index in [-0.39, 0.29) is 17.4 Å². The van der Waals surface area contributed by atoms with Gasteiger partial charge >= 0.3 is 6.09 Å². The number of alkyl halides is 1. The number of rotatable bonds is 9. The van der Waals surface area contributed by atoms with E-state index < -0.39 is 16.1 Å². The number of benzene rings is 1. The van der Waals surface area contributed by atoms with E-state index in [0.29, 0.717) is 24.4 Å². The molecule has 1 aromatic carbocycles. The number of carbonyl (C=O) groups excluding carboxylic acids is 2. The van der Waals surface area contributed by atoms with Crippen LogP contribution in [0.25, 0.3) is 0 Å². The van der Waals surface area contributed by atoms with Crippen LogP contribution in [-0.2, 0) is 19.6 Å². The van der Waals surface area contributed by atoms with Crippen LogP contribution in [-0.4, -0.2) is 32.9 Å². The quantitative estimate of drug-likeness (QED) is 0.346. The molecule has 0 aliphatic carbocycles. The molecule has 8 nitrogen and oxygen atoms in total. The summed E-state index contributed by atoms with van der Waals surface area (Å²) in [5.41, 5.74) is 2.39. The van der Waals surface area contributed by atoms with Crippen molar-refractivity contribution in [1.29, 1.82) is 0 Å². The molecule has 0 saturated carbocycles. The van der Waals surface area contributed by atoms with Crippen molar-refractivity contribution in [2.45, 2.75) is 31.1 Å². The topological polar surface area (TPSA) is 114 Å². The number of amides is 2. The molecule has 0 aliphatic heterocycles. The average molecular weight is 378 g/mol. The van der Waals surface area contributed by atoms with Crippen LogP contribution >= 0.6 is 11.6 Å². The molecule has 2 amide bonds. The van der Waals surface area contributed by atoms with Gasteiger partial charge in [-0.15, -0.1) is 16.4 Å². The first-order valence-corrected chi connectivity index (χ1v) is 9.31. The lowest BCUT2D eigenvalue weighted by Crippen LogP contribution is -2.41. The zero-order chi connectivity index (χ0) is 18.0. The molecule has 0 heterocycles. The zero-order valence-corrected chi connectivity index (χ0v) is 14.7. The summed E-state index contributed by atoms with van der Waals surface area (Å²) in [7, 11) is -3.93. The van der Waals surface area contributed by atoms with E-state index >= 15 is 0 Å². The number of anilines is 1. The van der Waals surface area contributed by atoms with E-state index in [1.165, 1.54) is 24.3 Å². The number of hydrazine groups is 1. The Bertz CT molecular complexity index is 649. The Balaban J connectivity index is 2.59. The van der Waals surface area contributed by atoms with E-state index in [9.17, 15) is 18.0 Å². The van der Waals surface area contributed by atoms with Crippen LogP contribution in [0, 0.1) is 0 Å². The van der Waals surface area contributed by atoms with Crippen LogP contribution in [0.4, 0.5) is 10.5 Å². The lowest BCUT2D eigenvalue weighted by Gasteiger charge is -2.09. The molecule has 0 aliphatic rings. The molecule has 0 saturated heterocycles. The van der Waals surface area contributed by atoms with Gasteiger partial charge in [-0.05, 0) is 44.0 Å². The fourth-order valence-electron chi connectivity index (χ4n) is 1.66. The normalized spacial score (nSPS) is 10.9. The highest BCUT2D eigenvalue weighted by atomic mass is 35.5. The molecule has 0 unspecified atom stereocenters. The monoisotopic (exact) mass is 377 g/mol. The summed E-state index contributed by atoms with van der Waals surface area (Å²) in [4.78, 5) is 24.6. The first-order chi connectivity index (χ1) is 11.4. The molecule has 0 spiro atoms. The van der Waals surface area contributed by atoms with Crippen molar-refractivity contribution in [3.05, 3.63) is 24.3 Å². The second kappa shape index (κ2) is 10.1. The molecule has 0 atom stereocenters. The van der Waals surface area contributed by atoms with Crippen molar-refractivity contribution < 1.29 is 22.7 Å². The number of ether oxygens (including phenoxy) is 1. The summed E-state index contributed by atoms with van der Waals surface area (Å²) in [5.74, 6) is 0.338. The number of hydrogen-bond donors (Lipinski definition) is 3. The Morgan fingerprint density at radius 2 is 1.83 bits per heavy atom. The van der Waals surface area contributed by atoms with Gasteiger partial charge in [-0.25, -0.2) is 18.6 Å². The van der Waals surface area contributed by atoms with Crippen LogP contribution in [0.3, 0.4) is 0 Å². The average Bonchev–Trinajstić information content (AvgIpc) is 2.54. The molecule has 24 heavy (non-hydrogen) atoms. The zero-order valence-electron chi connectivity index (χ0n) is 13.2. The van der Waals surface area contributed by atoms with Crippen molar-refractivity contribution in [3.63, 3.8) is 0 Å². The number of hydrogen-bond acceptors (Lipinski definition) is 5. The van der Waals surface area contributed by atoms with Gasteiger partial charge < -0.3 is 10.1 Å². The third-order valence-electron chi connectivity index (χ3n) is 2.80. The summed E-state index contributed by atoms with van der Waals surface area (Å²) in [6.45, 7) is 1.71. The highest BCUT2D eigenvalue weighted by Gasteiger charge is 2.15. The van der Waals surface area contributed by atoms with Gasteiger partial charge in [0, 0.05) is 18.0 Å². The van der Waals surface area contributed by atoms with Gasteiger partial charge in [0.05, 0.1) is 11.5 Å². The van der Waals surface area contributed by atoms with Crippen LogP contribution < -0.4 is 15.6 Å². The number of carbonyl (C=O) groups is 2. The highest BCUT2D eigenvalue weighted by molar-refractivity contribution is 7.89. The summed E-state index contributed by atoms with van der Waals surface area (Å²) < 4.78 is 28.5. The highest BCUT2D eigenvalue weighted by Crippen LogP contribution is 2.14. The van der Waals surface area contributed by atoms with Gasteiger partial charge in [0.25, 0.3) is 10.0 Å². The fraction of sp³-hybridized carbons (Fsp3) is 0.429. The van der Waals surface area contributed by atoms with Crippen LogP contribution in [0.15, 0.2) is 29.2 Å². The fourth-order valence-corrected chi connectivity index (χ4v) is 2.67. The van der Waals surface area contributed by atoms with Crippen LogP contribution in [0.5, 0.6) is 0 Å². The van der Waals surface area contributed by atoms with Gasteiger partial charge in [-0.3, -0.25) is 4.79 Å². The maximum atomic E-state index is 12.0. The van der Waals surface area contributed by atoms with Crippen LogP contribution in [0.1, 0.15) is 26.2 Å². The molecule has 134 valence electrons. The Morgan fingerprint density at radius 3 is 2.42 bits per heavy atom. The standard InChI is InChI=1S/C14H20ClN3O5S/c1-2-23-14(20)17-18-24(21,22)12-8-6-11(7-9-12)16-13(19)5-3-4-10-15/h6-9,18H,2-5,10H2,1H3,(H,16,19)(H,17,20). The molecule has 0 bridgehead atoms. The second-order valence-corrected chi connectivity index (χ2v) is 6.73. The molecule has 1 aromatic rings. The Hall–Kier alpha value is -1.84. The number of unbranched alkanes of at least 4 members (excludes halogenated alkanes) is 1. The Labute approximate surface area is 145 Å². The molecular formula is C14H20ClN3O5S. The van der Waals surface area contributed by atoms with Crippen molar-refractivity contribution in [3.8, 4) is 0 Å². The minimum absolute atomic E-state index is 0.0700. The third kappa shape index (κ3) is 7.16. The number of nitrogens with one attached hydrogen (secondary N) is 3. The minimum atomic E-state index is -3.93. The van der Waals surface area contributed by atoms with Gasteiger partial charge in [-0.2, -0.15) is 0 Å². The second-order valence-electron chi connectivity index (χ2n) is 4.67. The molecule has 0 aromatic heterocycles. The van der Waals surface area contributed by atoms with Crippen LogP contribution in [0.2, 0.25) is 0 Å². The molecule has 0 radical (unpaired) electrons. The van der Waals surface area contributed by atoms with E-state index in [1.807, 2.05) is 10.3 Å². The SMILES string of the molecule is CCOC(=O)NNS(=O)(=O)c1ccc(NC(=O)CCCCCl)cc1. The first kappa shape index (κ1) is 20.2. The summed E-state index contributed by atoms with van der Waals surface area (Å²) >= 11 is 5.54. The van der Waals surface area contributed by atoms with E-state index in [4.69, 9.17) is 11.6 Å². The summed E-state index contributed by atoms with van der Waals surface area (Å²) in [6, 6.07) is 5.53. The number of halogens is 1. The summed E-state index contributed by atoms with van der Waals surface area (Å²) in [6.07, 6.45) is 0.885. The smallest absolute Gasteiger partial charge is 0.422 e. The molecular weight excluding hydrogens is 358 g/mol. The predicted octanol–water partition coefficient (Wildman–Crippen LogP) is 1.97. The molecule has 1 rings (SSSR count). The summed E-state index contributed by atoms with van der Waals surface area (Å²) in [5, 5.41) is 2.66. The van der Waals surface area contributed by atoms with Crippen molar-refractivity contribution >= 4 is 39.3 Å². The molecule has 0 fully saturated rings. The van der Waals surface area contributed by atoms with Gasteiger partial charge in [-0.1, -0.05) is 0 Å². The van der Waals surface area contributed by atoms with Crippen molar-refractivity contribution in [2.24, 2.45) is 0 Å². The lowest BCUT2D eigenvalue weighted by molar-refractivity contribution is -0.116. The first-order valence-electron chi connectivity index (χ1n) is 7.29. The van der Waals surface area contributed by atoms with Gasteiger partial charge in [0.1, 0.15) is 0 Å².